The van der Waals surface area contributed by atoms with Gasteiger partial charge in [0.15, 0.2) is 0 Å². The van der Waals surface area contributed by atoms with Crippen LogP contribution in [0.15, 0.2) is 30.3 Å². The molecule has 15 heavy (non-hydrogen) atoms. The molecule has 0 spiro atoms. The topological polar surface area (TPSA) is 0 Å². The van der Waals surface area contributed by atoms with Crippen molar-refractivity contribution in [3.05, 3.63) is 30.3 Å². The smallest absolute Gasteiger partial charge is 0.0654 e. The first-order chi connectivity index (χ1) is 7.02. The van der Waals surface area contributed by atoms with E-state index in [2.05, 4.69) is 57.3 Å². The predicted octanol–water partition coefficient (Wildman–Crippen LogP) is 4.04. The summed E-state index contributed by atoms with van der Waals surface area (Å²) in [4.78, 5) is 0. The molecule has 1 aromatic carbocycles. The zero-order chi connectivity index (χ0) is 11.3. The van der Waals surface area contributed by atoms with Gasteiger partial charge in [0.2, 0.25) is 0 Å². The van der Waals surface area contributed by atoms with Gasteiger partial charge in [-0.3, -0.25) is 0 Å². The first-order valence-corrected chi connectivity index (χ1v) is 9.28. The quantitative estimate of drug-likeness (QED) is 0.657. The van der Waals surface area contributed by atoms with Crippen molar-refractivity contribution in [3.63, 3.8) is 0 Å². The molecule has 0 amide bonds. The Morgan fingerprint density at radius 1 is 1.07 bits per heavy atom. The van der Waals surface area contributed by atoms with Crippen molar-refractivity contribution in [3.8, 4) is 0 Å². The van der Waals surface area contributed by atoms with E-state index in [4.69, 9.17) is 0 Å². The first-order valence-electron chi connectivity index (χ1n) is 6.08. The Hall–Kier alpha value is -0.563. The zero-order valence-corrected chi connectivity index (χ0v) is 11.6. The molecule has 0 saturated carbocycles. The molecular formula is C14H24Si. The number of rotatable bonds is 5. The van der Waals surface area contributed by atoms with Crippen LogP contribution in [-0.2, 0) is 0 Å². The third kappa shape index (κ3) is 4.21. The molecule has 1 rings (SSSR count). The minimum atomic E-state index is -1.15. The van der Waals surface area contributed by atoms with Gasteiger partial charge in [-0.2, -0.15) is 0 Å². The molecule has 0 atom stereocenters. The van der Waals surface area contributed by atoms with Crippen LogP contribution in [0.5, 0.6) is 0 Å². The van der Waals surface area contributed by atoms with E-state index in [0.29, 0.717) is 0 Å². The average Bonchev–Trinajstić information content (AvgIpc) is 2.18. The van der Waals surface area contributed by atoms with Gasteiger partial charge in [0, 0.05) is 0 Å². The molecule has 84 valence electrons. The zero-order valence-electron chi connectivity index (χ0n) is 10.6. The van der Waals surface area contributed by atoms with Gasteiger partial charge in [-0.25, -0.2) is 0 Å². The fourth-order valence-electron chi connectivity index (χ4n) is 1.99. The summed E-state index contributed by atoms with van der Waals surface area (Å²) in [7, 11) is -1.15. The summed E-state index contributed by atoms with van der Waals surface area (Å²) in [6, 6.07) is 12.5. The van der Waals surface area contributed by atoms with Crippen LogP contribution in [0.4, 0.5) is 0 Å². The van der Waals surface area contributed by atoms with Crippen molar-refractivity contribution in [1.82, 2.24) is 0 Å². The van der Waals surface area contributed by atoms with E-state index in [1.165, 1.54) is 18.9 Å². The molecule has 0 nitrogen and oxygen atoms in total. The van der Waals surface area contributed by atoms with Crippen molar-refractivity contribution >= 4 is 13.3 Å². The lowest BCUT2D eigenvalue weighted by atomic mass is 10.1. The summed E-state index contributed by atoms with van der Waals surface area (Å²) in [6.45, 7) is 9.61. The van der Waals surface area contributed by atoms with Crippen molar-refractivity contribution in [1.29, 1.82) is 0 Å². The molecule has 0 aromatic heterocycles. The van der Waals surface area contributed by atoms with Crippen LogP contribution in [0, 0.1) is 5.92 Å². The van der Waals surface area contributed by atoms with Gasteiger partial charge in [-0.1, -0.05) is 81.3 Å². The lowest BCUT2D eigenvalue weighted by Crippen LogP contribution is -2.40. The third-order valence-corrected chi connectivity index (χ3v) is 6.64. The van der Waals surface area contributed by atoms with Crippen molar-refractivity contribution < 1.29 is 0 Å². The third-order valence-electron chi connectivity index (χ3n) is 3.14. The molecule has 0 aliphatic rings. The summed E-state index contributed by atoms with van der Waals surface area (Å²) in [5.74, 6) is 0.852. The van der Waals surface area contributed by atoms with Crippen LogP contribution in [0.2, 0.25) is 19.1 Å². The molecule has 0 heterocycles. The highest BCUT2D eigenvalue weighted by molar-refractivity contribution is 6.89. The average molecular weight is 220 g/mol. The van der Waals surface area contributed by atoms with Crippen LogP contribution >= 0.6 is 0 Å². The molecule has 0 radical (unpaired) electrons. The largest absolute Gasteiger partial charge is 0.0806 e. The van der Waals surface area contributed by atoms with Gasteiger partial charge in [0.05, 0.1) is 8.07 Å². The van der Waals surface area contributed by atoms with Crippen molar-refractivity contribution in [2.75, 3.05) is 0 Å². The number of benzene rings is 1. The van der Waals surface area contributed by atoms with E-state index in [1.54, 1.807) is 5.19 Å². The standard InChI is InChI=1S/C14H24Si/c1-13(2)9-8-12-15(3,4)14-10-6-5-7-11-14/h5-7,10-11,13H,8-9,12H2,1-4H3. The molecule has 0 N–H and O–H groups in total. The highest BCUT2D eigenvalue weighted by Crippen LogP contribution is 2.16. The Labute approximate surface area is 95.7 Å². The molecule has 0 fully saturated rings. The summed E-state index contributed by atoms with van der Waals surface area (Å²) in [5.41, 5.74) is 0. The second-order valence-electron chi connectivity index (χ2n) is 5.54. The Balaban J connectivity index is 2.52. The van der Waals surface area contributed by atoms with Crippen LogP contribution in [-0.4, -0.2) is 8.07 Å². The number of hydrogen-bond acceptors (Lipinski definition) is 0. The van der Waals surface area contributed by atoms with Crippen LogP contribution in [0.25, 0.3) is 0 Å². The van der Waals surface area contributed by atoms with Crippen LogP contribution < -0.4 is 5.19 Å². The van der Waals surface area contributed by atoms with Crippen LogP contribution in [0.3, 0.4) is 0 Å². The monoisotopic (exact) mass is 220 g/mol. The summed E-state index contributed by atoms with van der Waals surface area (Å²) >= 11 is 0. The SMILES string of the molecule is CC(C)CCC[Si](C)(C)c1ccccc1. The number of hydrogen-bond donors (Lipinski definition) is 0. The maximum atomic E-state index is 2.49. The van der Waals surface area contributed by atoms with E-state index >= 15 is 0 Å². The summed E-state index contributed by atoms with van der Waals surface area (Å²) < 4.78 is 0. The van der Waals surface area contributed by atoms with Gasteiger partial charge in [-0.05, 0) is 5.92 Å². The van der Waals surface area contributed by atoms with E-state index in [9.17, 15) is 0 Å². The molecular weight excluding hydrogens is 196 g/mol. The second kappa shape index (κ2) is 5.50. The Morgan fingerprint density at radius 3 is 2.20 bits per heavy atom. The Morgan fingerprint density at radius 2 is 1.67 bits per heavy atom. The predicted molar refractivity (Wildman–Crippen MR) is 72.4 cm³/mol. The Kier molecular flexibility index (Phi) is 4.59. The van der Waals surface area contributed by atoms with Gasteiger partial charge >= 0.3 is 0 Å². The Bertz CT molecular complexity index is 275. The lowest BCUT2D eigenvalue weighted by Gasteiger charge is -2.23. The molecule has 0 bridgehead atoms. The minimum Gasteiger partial charge on any atom is -0.0654 e. The van der Waals surface area contributed by atoms with E-state index in [-0.39, 0.29) is 0 Å². The van der Waals surface area contributed by atoms with Gasteiger partial charge in [-0.15, -0.1) is 0 Å². The maximum absolute atomic E-state index is 2.49. The molecule has 0 unspecified atom stereocenters. The second-order valence-corrected chi connectivity index (χ2v) is 10.4. The van der Waals surface area contributed by atoms with Gasteiger partial charge in [0.25, 0.3) is 0 Å². The lowest BCUT2D eigenvalue weighted by molar-refractivity contribution is 0.574. The summed E-state index contributed by atoms with van der Waals surface area (Å²) in [6.07, 6.45) is 2.77. The minimum absolute atomic E-state index is 0.852. The normalized spacial score (nSPS) is 12.1. The van der Waals surface area contributed by atoms with Gasteiger partial charge < -0.3 is 0 Å². The fraction of sp³-hybridized carbons (Fsp3) is 0.571. The van der Waals surface area contributed by atoms with Gasteiger partial charge in [0.1, 0.15) is 0 Å². The molecule has 1 aromatic rings. The molecule has 1 heteroatoms. The highest BCUT2D eigenvalue weighted by Gasteiger charge is 2.22. The van der Waals surface area contributed by atoms with E-state index in [1.807, 2.05) is 0 Å². The molecule has 0 saturated heterocycles. The van der Waals surface area contributed by atoms with Crippen LogP contribution in [0.1, 0.15) is 26.7 Å². The van der Waals surface area contributed by atoms with E-state index < -0.39 is 8.07 Å². The fourth-order valence-corrected chi connectivity index (χ4v) is 4.46. The van der Waals surface area contributed by atoms with E-state index in [0.717, 1.165) is 5.92 Å². The molecule has 0 aliphatic carbocycles. The van der Waals surface area contributed by atoms with Crippen molar-refractivity contribution in [2.24, 2.45) is 5.92 Å². The molecule has 0 aliphatic heterocycles. The first kappa shape index (κ1) is 12.5. The highest BCUT2D eigenvalue weighted by atomic mass is 28.3. The maximum Gasteiger partial charge on any atom is 0.0806 e. The summed E-state index contributed by atoms with van der Waals surface area (Å²) in [5, 5.41) is 1.61. The van der Waals surface area contributed by atoms with Crippen molar-refractivity contribution in [2.45, 2.75) is 45.8 Å².